The Morgan fingerprint density at radius 2 is 0.667 bits per heavy atom. The standard InChI is InChI=1S/C94H78F2N4O2S6/c1-5-9-13-17-21-55-25-33-61(34-26-55)93(62-35-27-56(28-36-62)22-18-14-10-6-2)79-85-75(49-67(103-85)47-73-77(59(51-97)52-98)69-43-41-66(96)46-72(69)84(73)102)105-87(79)89-81(93)91-92(107-89)82-90(108-91)88-80(86-76(106-88)50-68(104-86)48-74-78(60(53-99)54-100)71-45-65(95)42-44-70(71)83(74)101)94(82,63-37-29-57(30-38-63)23-19-15-11-7-3)64-39-31-58(32-40-64)24-20-16-12-8-4/h25-50H,5-24H2,1-4H3/b73-47-,74-48-. The van der Waals surface area contributed by atoms with Crippen molar-refractivity contribution in [2.75, 3.05) is 0 Å². The first-order valence-corrected chi connectivity index (χ1v) is 43.1. The van der Waals surface area contributed by atoms with Crippen LogP contribution < -0.4 is 0 Å². The second-order valence-corrected chi connectivity index (χ2v) is 35.5. The van der Waals surface area contributed by atoms with Gasteiger partial charge in [-0.25, -0.2) is 8.78 Å². The number of aryl methyl sites for hydroxylation is 4. The summed E-state index contributed by atoms with van der Waals surface area (Å²) in [4.78, 5) is 35.6. The average molecular weight is 1530 g/mol. The SMILES string of the molecule is CCCCCCc1ccc(C2(c3ccc(CCCCCC)cc3)c3c(sc4cc(/C=C5\C(=O)c6cc(F)ccc6C5=C(C#N)C#N)sc34)-c3sc4c5c(sc4c32)-c2sc3cc(/C=C4\C(=O)c6ccc(F)cc6C4=C(C#N)C#N)sc3c2C5(c2ccc(CCCCCC)cc2)c2ccc(CCCCCC)cc2)cc1. The van der Waals surface area contributed by atoms with Crippen LogP contribution in [0.5, 0.6) is 0 Å². The van der Waals surface area contributed by atoms with Gasteiger partial charge in [-0.3, -0.25) is 9.59 Å². The van der Waals surface area contributed by atoms with Crippen molar-refractivity contribution in [2.45, 2.75) is 167 Å². The van der Waals surface area contributed by atoms with E-state index < -0.39 is 28.2 Å². The number of unbranched alkanes of at least 4 members (excludes halogenated alkanes) is 12. The van der Waals surface area contributed by atoms with E-state index in [-0.39, 0.29) is 55.9 Å². The smallest absolute Gasteiger partial charge is 0.194 e. The van der Waals surface area contributed by atoms with E-state index in [9.17, 15) is 30.6 Å². The molecule has 108 heavy (non-hydrogen) atoms. The Bertz CT molecular complexity index is 5540. The maximum atomic E-state index is 15.2. The number of fused-ring (bicyclic) bond motifs is 15. The van der Waals surface area contributed by atoms with Crippen LogP contribution in [0.2, 0.25) is 0 Å². The van der Waals surface area contributed by atoms with Crippen LogP contribution in [-0.4, -0.2) is 11.6 Å². The highest BCUT2D eigenvalue weighted by Crippen LogP contribution is 2.72. The van der Waals surface area contributed by atoms with Gasteiger partial charge in [-0.2, -0.15) is 21.0 Å². The molecule has 6 aromatic carbocycles. The third kappa shape index (κ3) is 12.2. The topological polar surface area (TPSA) is 129 Å². The minimum Gasteiger partial charge on any atom is -0.289 e. The number of nitriles is 4. The molecule has 0 radical (unpaired) electrons. The molecule has 0 unspecified atom stereocenters. The lowest BCUT2D eigenvalue weighted by molar-refractivity contribution is 0.103. The van der Waals surface area contributed by atoms with Gasteiger partial charge in [0.25, 0.3) is 0 Å². The number of rotatable bonds is 26. The number of nitrogens with zero attached hydrogens (tertiary/aromatic N) is 4. The van der Waals surface area contributed by atoms with E-state index in [1.54, 1.807) is 45.3 Å². The number of carbonyl (C=O) groups excluding carboxylic acids is 2. The molecule has 4 aliphatic rings. The van der Waals surface area contributed by atoms with E-state index in [4.69, 9.17) is 0 Å². The maximum absolute atomic E-state index is 15.2. The Balaban J connectivity index is 0.970. The molecular formula is C94H78F2N4O2S6. The number of hydrogen-bond donors (Lipinski definition) is 0. The van der Waals surface area contributed by atoms with Gasteiger partial charge in [-0.1, -0.05) is 208 Å². The molecule has 0 saturated heterocycles. The van der Waals surface area contributed by atoms with Crippen molar-refractivity contribution in [2.24, 2.45) is 0 Å². The fourth-order valence-electron chi connectivity index (χ4n) is 17.4. The van der Waals surface area contributed by atoms with Gasteiger partial charge in [0.15, 0.2) is 11.6 Å². The minimum absolute atomic E-state index is 0.130. The van der Waals surface area contributed by atoms with Crippen LogP contribution in [0.3, 0.4) is 0 Å². The van der Waals surface area contributed by atoms with Gasteiger partial charge >= 0.3 is 0 Å². The molecule has 0 N–H and O–H groups in total. The lowest BCUT2D eigenvalue weighted by atomic mass is 9.67. The molecule has 6 heterocycles. The van der Waals surface area contributed by atoms with E-state index in [2.05, 4.69) is 149 Å². The number of thiophene rings is 6. The lowest BCUT2D eigenvalue weighted by Gasteiger charge is -2.34. The molecule has 0 amide bonds. The number of carbonyl (C=O) groups is 2. The second-order valence-electron chi connectivity index (χ2n) is 29.2. The van der Waals surface area contributed by atoms with Crippen molar-refractivity contribution < 1.29 is 18.4 Å². The van der Waals surface area contributed by atoms with Crippen LogP contribution in [0.25, 0.3) is 71.0 Å². The van der Waals surface area contributed by atoms with Crippen LogP contribution in [0.1, 0.15) is 239 Å². The number of halogens is 2. The number of ketones is 2. The second kappa shape index (κ2) is 30.5. The van der Waals surface area contributed by atoms with Gasteiger partial charge in [-0.15, -0.1) is 68.0 Å². The van der Waals surface area contributed by atoms with E-state index in [0.29, 0.717) is 5.56 Å². The number of Topliss-reactive ketones (excluding diaryl/α,β-unsaturated/α-hetero) is 2. The Kier molecular flexibility index (Phi) is 20.5. The molecule has 0 fully saturated rings. The van der Waals surface area contributed by atoms with Gasteiger partial charge in [0, 0.05) is 74.8 Å². The van der Waals surface area contributed by atoms with Crippen LogP contribution >= 0.6 is 68.0 Å². The summed E-state index contributed by atoms with van der Waals surface area (Å²) in [6.07, 6.45) is 26.0. The van der Waals surface area contributed by atoms with Gasteiger partial charge < -0.3 is 0 Å². The zero-order valence-electron chi connectivity index (χ0n) is 61.0. The van der Waals surface area contributed by atoms with E-state index in [1.165, 1.54) is 161 Å². The zero-order chi connectivity index (χ0) is 74.5. The van der Waals surface area contributed by atoms with Crippen molar-refractivity contribution in [3.05, 3.63) is 278 Å². The third-order valence-electron chi connectivity index (χ3n) is 22.6. The molecule has 4 aliphatic carbocycles. The molecule has 0 aliphatic heterocycles. The van der Waals surface area contributed by atoms with Crippen LogP contribution in [0, 0.1) is 57.0 Å². The van der Waals surface area contributed by atoms with Crippen molar-refractivity contribution >= 4 is 131 Å². The van der Waals surface area contributed by atoms with Crippen LogP contribution in [-0.2, 0) is 36.5 Å². The van der Waals surface area contributed by atoms with E-state index >= 15 is 8.78 Å². The van der Waals surface area contributed by atoms with Gasteiger partial charge in [-0.05, 0) is 162 Å². The Hall–Kier alpha value is -9.58. The largest absolute Gasteiger partial charge is 0.289 e. The summed E-state index contributed by atoms with van der Waals surface area (Å²) in [5.41, 5.74) is 14.3. The monoisotopic (exact) mass is 1520 g/mol. The van der Waals surface area contributed by atoms with Gasteiger partial charge in [0.1, 0.15) is 47.1 Å². The number of hydrogen-bond acceptors (Lipinski definition) is 12. The molecule has 0 atom stereocenters. The van der Waals surface area contributed by atoms with Gasteiger partial charge in [0.05, 0.1) is 49.1 Å². The van der Waals surface area contributed by atoms with Crippen molar-refractivity contribution in [3.8, 4) is 43.8 Å². The summed E-state index contributed by atoms with van der Waals surface area (Å²) >= 11 is 10.6. The summed E-state index contributed by atoms with van der Waals surface area (Å²) < 4.78 is 37.0. The summed E-state index contributed by atoms with van der Waals surface area (Å²) in [6.45, 7) is 9.02. The Morgan fingerprint density at radius 1 is 0.352 bits per heavy atom. The van der Waals surface area contributed by atoms with E-state index in [0.717, 1.165) is 128 Å². The Labute approximate surface area is 654 Å². The first-order chi connectivity index (χ1) is 52.8. The molecular weight excluding hydrogens is 1450 g/mol. The predicted octanol–water partition coefficient (Wildman–Crippen LogP) is 27.2. The molecule has 0 saturated carbocycles. The number of allylic oxidation sites excluding steroid dienone is 6. The molecule has 0 spiro atoms. The summed E-state index contributed by atoms with van der Waals surface area (Å²) in [5, 5.41) is 41.6. The predicted molar refractivity (Wildman–Crippen MR) is 446 cm³/mol. The maximum Gasteiger partial charge on any atom is 0.194 e. The highest BCUT2D eigenvalue weighted by Gasteiger charge is 2.57. The number of benzene rings is 6. The van der Waals surface area contributed by atoms with Crippen molar-refractivity contribution in [3.63, 3.8) is 0 Å². The lowest BCUT2D eigenvalue weighted by Crippen LogP contribution is -2.29. The van der Waals surface area contributed by atoms with Crippen molar-refractivity contribution in [1.29, 1.82) is 21.0 Å². The first kappa shape index (κ1) is 72.6. The summed E-state index contributed by atoms with van der Waals surface area (Å²) in [5.74, 6) is -1.92. The van der Waals surface area contributed by atoms with Crippen LogP contribution in [0.15, 0.2) is 168 Å². The van der Waals surface area contributed by atoms with Crippen molar-refractivity contribution in [1.82, 2.24) is 0 Å². The molecule has 14 heteroatoms. The normalized spacial score (nSPS) is 14.9. The fraction of sp³-hybridized carbons (Fsp3) is 0.277. The molecule has 12 aromatic rings. The molecule has 536 valence electrons. The average Bonchev–Trinajstić information content (AvgIpc) is 1.48. The molecule has 6 aromatic heterocycles. The summed E-state index contributed by atoms with van der Waals surface area (Å²) in [7, 11) is 0. The molecule has 16 rings (SSSR count). The highest BCUT2D eigenvalue weighted by atomic mass is 32.1. The molecule has 0 bridgehead atoms. The zero-order valence-corrected chi connectivity index (χ0v) is 65.9. The van der Waals surface area contributed by atoms with Crippen LogP contribution in [0.4, 0.5) is 8.78 Å². The quantitative estimate of drug-likeness (QED) is 0.0302. The molecule has 6 nitrogen and oxygen atoms in total. The van der Waals surface area contributed by atoms with E-state index in [1.807, 2.05) is 47.0 Å². The third-order valence-corrected chi connectivity index (χ3v) is 30.2. The summed E-state index contributed by atoms with van der Waals surface area (Å²) in [6, 6.07) is 58.5. The van der Waals surface area contributed by atoms with Gasteiger partial charge in [0.2, 0.25) is 0 Å². The first-order valence-electron chi connectivity index (χ1n) is 38.2. The highest BCUT2D eigenvalue weighted by molar-refractivity contribution is 7.37. The minimum atomic E-state index is -0.872. The Morgan fingerprint density at radius 3 is 1.02 bits per heavy atom. The fourth-order valence-corrected chi connectivity index (χ4v) is 26.2.